The first kappa shape index (κ1) is 14.3. The van der Waals surface area contributed by atoms with E-state index in [-0.39, 0.29) is 12.4 Å². The Morgan fingerprint density at radius 1 is 1.26 bits per heavy atom. The molecule has 2 rings (SSSR count). The van der Waals surface area contributed by atoms with Gasteiger partial charge in [0.2, 0.25) is 0 Å². The van der Waals surface area contributed by atoms with E-state index in [1.54, 1.807) is 30.3 Å². The number of hydrogen-bond acceptors (Lipinski definition) is 2. The van der Waals surface area contributed by atoms with Crippen LogP contribution in [0, 0.1) is 5.82 Å². The van der Waals surface area contributed by atoms with Crippen molar-refractivity contribution in [3.05, 3.63) is 63.3 Å². The predicted octanol–water partition coefficient (Wildman–Crippen LogP) is 4.39. The fraction of sp³-hybridized carbons (Fsp3) is 0.143. The molecule has 19 heavy (non-hydrogen) atoms. The maximum atomic E-state index is 13.3. The molecule has 0 aliphatic heterocycles. The number of nitrogens with one attached hydrogen (secondary N) is 1. The molecule has 0 aliphatic rings. The van der Waals surface area contributed by atoms with Crippen molar-refractivity contribution in [1.82, 2.24) is 0 Å². The van der Waals surface area contributed by atoms with Gasteiger partial charge in [0.25, 0.3) is 0 Å². The minimum Gasteiger partial charge on any atom is -0.387 e. The van der Waals surface area contributed by atoms with Crippen LogP contribution in [0.15, 0.2) is 46.9 Å². The summed E-state index contributed by atoms with van der Waals surface area (Å²) < 4.78 is 13.7. The molecular formula is C14H12BrClFNO. The molecular weight excluding hydrogens is 333 g/mol. The molecule has 0 spiro atoms. The van der Waals surface area contributed by atoms with Crippen LogP contribution >= 0.6 is 27.5 Å². The lowest BCUT2D eigenvalue weighted by Gasteiger charge is -2.14. The third-order valence-electron chi connectivity index (χ3n) is 2.68. The standard InChI is InChI=1S/C14H12BrClFNO/c15-11-6-5-9(7-13(11)17)18-8-14(19)10-3-1-2-4-12(10)16/h1-7,14,18-19H,8H2. The van der Waals surface area contributed by atoms with Crippen molar-refractivity contribution in [2.24, 2.45) is 0 Å². The lowest BCUT2D eigenvalue weighted by Crippen LogP contribution is -2.12. The van der Waals surface area contributed by atoms with Crippen LogP contribution in [-0.2, 0) is 0 Å². The molecule has 1 atom stereocenters. The molecule has 2 aromatic rings. The molecule has 0 saturated carbocycles. The van der Waals surface area contributed by atoms with E-state index in [2.05, 4.69) is 21.2 Å². The summed E-state index contributed by atoms with van der Waals surface area (Å²) in [5, 5.41) is 13.5. The van der Waals surface area contributed by atoms with Gasteiger partial charge in [0.05, 0.1) is 10.6 Å². The smallest absolute Gasteiger partial charge is 0.139 e. The third kappa shape index (κ3) is 3.69. The molecule has 0 amide bonds. The number of aliphatic hydroxyl groups excluding tert-OH is 1. The van der Waals surface area contributed by atoms with Gasteiger partial charge >= 0.3 is 0 Å². The van der Waals surface area contributed by atoms with Gasteiger partial charge in [-0.25, -0.2) is 4.39 Å². The van der Waals surface area contributed by atoms with Crippen molar-refractivity contribution < 1.29 is 9.50 Å². The number of rotatable bonds is 4. The average Bonchev–Trinajstić information content (AvgIpc) is 2.40. The van der Waals surface area contributed by atoms with Crippen LogP contribution in [-0.4, -0.2) is 11.7 Å². The van der Waals surface area contributed by atoms with Crippen molar-refractivity contribution in [2.75, 3.05) is 11.9 Å². The Kier molecular flexibility index (Phi) is 4.80. The van der Waals surface area contributed by atoms with E-state index in [0.717, 1.165) is 0 Å². The van der Waals surface area contributed by atoms with Gasteiger partial charge in [0.1, 0.15) is 5.82 Å². The minimum absolute atomic E-state index is 0.255. The second kappa shape index (κ2) is 6.37. The molecule has 0 radical (unpaired) electrons. The largest absolute Gasteiger partial charge is 0.387 e. The van der Waals surface area contributed by atoms with E-state index in [9.17, 15) is 9.50 Å². The molecule has 1 unspecified atom stereocenters. The van der Waals surface area contributed by atoms with Crippen LogP contribution in [0.4, 0.5) is 10.1 Å². The normalized spacial score (nSPS) is 12.2. The number of anilines is 1. The number of halogens is 3. The molecule has 0 heterocycles. The lowest BCUT2D eigenvalue weighted by atomic mass is 10.1. The van der Waals surface area contributed by atoms with Crippen LogP contribution in [0.5, 0.6) is 0 Å². The van der Waals surface area contributed by atoms with Crippen LogP contribution in [0.25, 0.3) is 0 Å². The van der Waals surface area contributed by atoms with E-state index < -0.39 is 6.10 Å². The molecule has 0 saturated heterocycles. The zero-order valence-electron chi connectivity index (χ0n) is 9.91. The van der Waals surface area contributed by atoms with Crippen molar-refractivity contribution >= 4 is 33.2 Å². The van der Waals surface area contributed by atoms with Gasteiger partial charge in [-0.05, 0) is 40.2 Å². The molecule has 2 aromatic carbocycles. The minimum atomic E-state index is -0.750. The zero-order valence-corrected chi connectivity index (χ0v) is 12.2. The summed E-state index contributed by atoms with van der Waals surface area (Å²) in [6.07, 6.45) is -0.750. The first-order valence-corrected chi connectivity index (χ1v) is 6.86. The highest BCUT2D eigenvalue weighted by atomic mass is 79.9. The van der Waals surface area contributed by atoms with E-state index in [1.165, 1.54) is 6.07 Å². The Morgan fingerprint density at radius 3 is 2.68 bits per heavy atom. The van der Waals surface area contributed by atoms with Gasteiger partial charge in [0, 0.05) is 22.8 Å². The van der Waals surface area contributed by atoms with E-state index in [1.807, 2.05) is 6.07 Å². The van der Waals surface area contributed by atoms with Crippen molar-refractivity contribution in [3.8, 4) is 0 Å². The molecule has 100 valence electrons. The molecule has 2 N–H and O–H groups in total. The predicted molar refractivity (Wildman–Crippen MR) is 79.0 cm³/mol. The highest BCUT2D eigenvalue weighted by molar-refractivity contribution is 9.10. The number of hydrogen-bond donors (Lipinski definition) is 2. The van der Waals surface area contributed by atoms with Gasteiger partial charge in [-0.15, -0.1) is 0 Å². The summed E-state index contributed by atoms with van der Waals surface area (Å²) in [5.41, 5.74) is 1.25. The molecule has 5 heteroatoms. The molecule has 0 fully saturated rings. The Hall–Kier alpha value is -1.10. The lowest BCUT2D eigenvalue weighted by molar-refractivity contribution is 0.191. The number of benzene rings is 2. The van der Waals surface area contributed by atoms with Gasteiger partial charge < -0.3 is 10.4 Å². The maximum Gasteiger partial charge on any atom is 0.139 e. The number of aliphatic hydroxyl groups is 1. The first-order valence-electron chi connectivity index (χ1n) is 5.69. The summed E-state index contributed by atoms with van der Waals surface area (Å²) in [6.45, 7) is 0.255. The SMILES string of the molecule is OC(CNc1ccc(Br)c(F)c1)c1ccccc1Cl. The molecule has 2 nitrogen and oxygen atoms in total. The van der Waals surface area contributed by atoms with Crippen molar-refractivity contribution in [2.45, 2.75) is 6.10 Å². The Morgan fingerprint density at radius 2 is 2.00 bits per heavy atom. The second-order valence-corrected chi connectivity index (χ2v) is 5.31. The van der Waals surface area contributed by atoms with Crippen LogP contribution in [0.3, 0.4) is 0 Å². The highest BCUT2D eigenvalue weighted by Crippen LogP contribution is 2.24. The summed E-state index contributed by atoms with van der Waals surface area (Å²) in [4.78, 5) is 0. The Labute approximate surface area is 124 Å². The average molecular weight is 345 g/mol. The Balaban J connectivity index is 2.02. The fourth-order valence-corrected chi connectivity index (χ4v) is 2.18. The van der Waals surface area contributed by atoms with E-state index in [0.29, 0.717) is 20.7 Å². The maximum absolute atomic E-state index is 13.3. The molecule has 0 bridgehead atoms. The first-order chi connectivity index (χ1) is 9.08. The summed E-state index contributed by atoms with van der Waals surface area (Å²) in [6, 6.07) is 11.8. The zero-order chi connectivity index (χ0) is 13.8. The highest BCUT2D eigenvalue weighted by Gasteiger charge is 2.11. The van der Waals surface area contributed by atoms with Gasteiger partial charge in [-0.1, -0.05) is 29.8 Å². The van der Waals surface area contributed by atoms with E-state index in [4.69, 9.17) is 11.6 Å². The van der Waals surface area contributed by atoms with Gasteiger partial charge in [-0.3, -0.25) is 0 Å². The van der Waals surface area contributed by atoms with Gasteiger partial charge in [0.15, 0.2) is 0 Å². The topological polar surface area (TPSA) is 32.3 Å². The van der Waals surface area contributed by atoms with Gasteiger partial charge in [-0.2, -0.15) is 0 Å². The quantitative estimate of drug-likeness (QED) is 0.862. The fourth-order valence-electron chi connectivity index (χ4n) is 1.68. The molecule has 0 aromatic heterocycles. The summed E-state index contributed by atoms with van der Waals surface area (Å²) in [5.74, 6) is -0.350. The van der Waals surface area contributed by atoms with Crippen LogP contribution < -0.4 is 5.32 Å². The molecule has 0 aliphatic carbocycles. The van der Waals surface area contributed by atoms with Crippen LogP contribution in [0.1, 0.15) is 11.7 Å². The summed E-state index contributed by atoms with van der Waals surface area (Å²) >= 11 is 9.08. The third-order valence-corrected chi connectivity index (χ3v) is 3.67. The van der Waals surface area contributed by atoms with E-state index >= 15 is 0 Å². The van der Waals surface area contributed by atoms with Crippen LogP contribution in [0.2, 0.25) is 5.02 Å². The summed E-state index contributed by atoms with van der Waals surface area (Å²) in [7, 11) is 0. The monoisotopic (exact) mass is 343 g/mol. The van der Waals surface area contributed by atoms with Crippen molar-refractivity contribution in [3.63, 3.8) is 0 Å². The Bertz CT molecular complexity index is 579. The second-order valence-electron chi connectivity index (χ2n) is 4.05. The van der Waals surface area contributed by atoms with Crippen molar-refractivity contribution in [1.29, 1.82) is 0 Å².